The summed E-state index contributed by atoms with van der Waals surface area (Å²) >= 11 is 6.35. The van der Waals surface area contributed by atoms with E-state index in [-0.39, 0.29) is 11.7 Å². The Labute approximate surface area is 131 Å². The number of fused-ring (bicyclic) bond motifs is 2. The molecule has 1 aromatic rings. The molecule has 2 bridgehead atoms. The lowest BCUT2D eigenvalue weighted by molar-refractivity contribution is -0.0891. The summed E-state index contributed by atoms with van der Waals surface area (Å²) in [5.74, 6) is 1.47. The normalized spacial score (nSPS) is 35.4. The summed E-state index contributed by atoms with van der Waals surface area (Å²) in [6.07, 6.45) is 4.37. The molecule has 2 fully saturated rings. The molecule has 4 atom stereocenters. The molecule has 0 radical (unpaired) electrons. The van der Waals surface area contributed by atoms with Gasteiger partial charge < -0.3 is 15.1 Å². The molecule has 2 aliphatic carbocycles. The molecule has 2 aliphatic rings. The molecule has 0 amide bonds. The first-order valence-corrected chi connectivity index (χ1v) is 8.14. The number of rotatable bonds is 3. The lowest BCUT2D eigenvalue weighted by Crippen LogP contribution is -2.47. The fourth-order valence-electron chi connectivity index (χ4n) is 4.49. The van der Waals surface area contributed by atoms with E-state index in [0.717, 1.165) is 13.0 Å². The highest BCUT2D eigenvalue weighted by molar-refractivity contribution is 6.31. The van der Waals surface area contributed by atoms with Crippen LogP contribution in [0.2, 0.25) is 5.02 Å². The van der Waals surface area contributed by atoms with E-state index >= 15 is 0 Å². The summed E-state index contributed by atoms with van der Waals surface area (Å²) in [5.41, 5.74) is -0.225. The number of hydrogen-bond donors (Lipinski definition) is 2. The fourth-order valence-corrected chi connectivity index (χ4v) is 4.78. The molecule has 116 valence electrons. The zero-order valence-electron chi connectivity index (χ0n) is 12.7. The molecule has 4 heteroatoms. The lowest BCUT2D eigenvalue weighted by Gasteiger charge is -2.45. The predicted octanol–water partition coefficient (Wildman–Crippen LogP) is 3.23. The summed E-state index contributed by atoms with van der Waals surface area (Å²) in [7, 11) is 4.09. The summed E-state index contributed by atoms with van der Waals surface area (Å²) < 4.78 is 0. The van der Waals surface area contributed by atoms with Crippen molar-refractivity contribution >= 4 is 11.6 Å². The van der Waals surface area contributed by atoms with Gasteiger partial charge in [0.2, 0.25) is 0 Å². The van der Waals surface area contributed by atoms with Gasteiger partial charge in [0.05, 0.1) is 5.60 Å². The van der Waals surface area contributed by atoms with Crippen molar-refractivity contribution in [2.75, 3.05) is 20.6 Å². The van der Waals surface area contributed by atoms with Crippen molar-refractivity contribution in [3.63, 3.8) is 0 Å². The first-order valence-electron chi connectivity index (χ1n) is 7.76. The van der Waals surface area contributed by atoms with Gasteiger partial charge in [0.15, 0.2) is 0 Å². The maximum absolute atomic E-state index is 11.5. The highest BCUT2D eigenvalue weighted by Crippen LogP contribution is 2.55. The van der Waals surface area contributed by atoms with E-state index in [9.17, 15) is 10.2 Å². The van der Waals surface area contributed by atoms with Crippen molar-refractivity contribution in [3.8, 4) is 5.75 Å². The molecule has 1 aromatic carbocycles. The molecule has 0 heterocycles. The van der Waals surface area contributed by atoms with Gasteiger partial charge in [0, 0.05) is 23.0 Å². The van der Waals surface area contributed by atoms with Crippen LogP contribution in [0.3, 0.4) is 0 Å². The van der Waals surface area contributed by atoms with Gasteiger partial charge in [-0.2, -0.15) is 0 Å². The second-order valence-corrected chi connectivity index (χ2v) is 7.51. The van der Waals surface area contributed by atoms with E-state index in [1.165, 1.54) is 19.3 Å². The minimum atomic E-state index is -0.926. The molecule has 0 aromatic heterocycles. The van der Waals surface area contributed by atoms with Gasteiger partial charge in [-0.1, -0.05) is 18.0 Å². The van der Waals surface area contributed by atoms with Crippen LogP contribution in [0, 0.1) is 17.8 Å². The quantitative estimate of drug-likeness (QED) is 0.901. The van der Waals surface area contributed by atoms with Gasteiger partial charge in [-0.15, -0.1) is 0 Å². The monoisotopic (exact) mass is 309 g/mol. The van der Waals surface area contributed by atoms with Crippen LogP contribution in [0.5, 0.6) is 5.75 Å². The lowest BCUT2D eigenvalue weighted by atomic mass is 9.66. The first kappa shape index (κ1) is 15.1. The molecule has 2 saturated carbocycles. The van der Waals surface area contributed by atoms with Gasteiger partial charge in [0.25, 0.3) is 0 Å². The standard InChI is InChI=1S/C17H24ClNO2/c1-19(2)10-15-12-4-3-11(7-12)9-17(15,21)14-8-13(20)5-6-16(14)18/h5-6,8,11-12,15,20-21H,3-4,7,9-10H2,1-2H3. The molecule has 2 N–H and O–H groups in total. The summed E-state index contributed by atoms with van der Waals surface area (Å²) in [6.45, 7) is 0.847. The van der Waals surface area contributed by atoms with Crippen molar-refractivity contribution < 1.29 is 10.2 Å². The third-order valence-corrected chi connectivity index (χ3v) is 5.67. The van der Waals surface area contributed by atoms with Crippen LogP contribution in [0.15, 0.2) is 18.2 Å². The third kappa shape index (κ3) is 2.67. The van der Waals surface area contributed by atoms with E-state index in [1.807, 2.05) is 14.1 Å². The SMILES string of the molecule is CN(C)CC1C2CCC(C2)CC1(O)c1cc(O)ccc1Cl. The van der Waals surface area contributed by atoms with E-state index in [2.05, 4.69) is 4.90 Å². The smallest absolute Gasteiger partial charge is 0.116 e. The van der Waals surface area contributed by atoms with Crippen LogP contribution >= 0.6 is 11.6 Å². The van der Waals surface area contributed by atoms with Crippen molar-refractivity contribution in [1.29, 1.82) is 0 Å². The Balaban J connectivity index is 2.04. The van der Waals surface area contributed by atoms with Gasteiger partial charge in [-0.3, -0.25) is 0 Å². The minimum Gasteiger partial charge on any atom is -0.508 e. The maximum Gasteiger partial charge on any atom is 0.116 e. The second-order valence-electron chi connectivity index (χ2n) is 7.10. The highest BCUT2D eigenvalue weighted by Gasteiger charge is 2.52. The predicted molar refractivity (Wildman–Crippen MR) is 84.5 cm³/mol. The van der Waals surface area contributed by atoms with E-state index < -0.39 is 5.60 Å². The van der Waals surface area contributed by atoms with Gasteiger partial charge in [-0.25, -0.2) is 0 Å². The molecule has 0 spiro atoms. The van der Waals surface area contributed by atoms with Crippen molar-refractivity contribution in [2.45, 2.75) is 31.3 Å². The van der Waals surface area contributed by atoms with E-state index in [1.54, 1.807) is 18.2 Å². The van der Waals surface area contributed by atoms with E-state index in [0.29, 0.717) is 22.4 Å². The third-order valence-electron chi connectivity index (χ3n) is 5.34. The van der Waals surface area contributed by atoms with Crippen molar-refractivity contribution in [2.24, 2.45) is 17.8 Å². The summed E-state index contributed by atoms with van der Waals surface area (Å²) in [4.78, 5) is 2.14. The van der Waals surface area contributed by atoms with Gasteiger partial charge in [0.1, 0.15) is 5.75 Å². The number of halogens is 1. The average molecular weight is 310 g/mol. The van der Waals surface area contributed by atoms with Gasteiger partial charge >= 0.3 is 0 Å². The van der Waals surface area contributed by atoms with Crippen LogP contribution in [-0.4, -0.2) is 35.8 Å². The molecular weight excluding hydrogens is 286 g/mol. The molecule has 21 heavy (non-hydrogen) atoms. The topological polar surface area (TPSA) is 43.7 Å². The number of phenols is 1. The zero-order valence-corrected chi connectivity index (χ0v) is 13.5. The van der Waals surface area contributed by atoms with Crippen molar-refractivity contribution in [1.82, 2.24) is 4.90 Å². The molecule has 3 nitrogen and oxygen atoms in total. The van der Waals surface area contributed by atoms with E-state index in [4.69, 9.17) is 11.6 Å². The zero-order chi connectivity index (χ0) is 15.2. The van der Waals surface area contributed by atoms with Crippen molar-refractivity contribution in [3.05, 3.63) is 28.8 Å². The highest BCUT2D eigenvalue weighted by atomic mass is 35.5. The summed E-state index contributed by atoms with van der Waals surface area (Å²) in [6, 6.07) is 4.91. The fraction of sp³-hybridized carbons (Fsp3) is 0.647. The molecular formula is C17H24ClNO2. The van der Waals surface area contributed by atoms with Crippen LogP contribution in [0.1, 0.15) is 31.2 Å². The molecule has 3 rings (SSSR count). The molecule has 0 saturated heterocycles. The Morgan fingerprint density at radius 1 is 1.33 bits per heavy atom. The second kappa shape index (κ2) is 5.45. The van der Waals surface area contributed by atoms with Crippen LogP contribution in [0.25, 0.3) is 0 Å². The van der Waals surface area contributed by atoms with Crippen LogP contribution in [0.4, 0.5) is 0 Å². The van der Waals surface area contributed by atoms with Crippen LogP contribution in [-0.2, 0) is 5.60 Å². The number of phenolic OH excluding ortho intramolecular Hbond substituents is 1. The van der Waals surface area contributed by atoms with Gasteiger partial charge in [-0.05, 0) is 63.4 Å². The Hall–Kier alpha value is -0.770. The number of aromatic hydroxyl groups is 1. The Kier molecular flexibility index (Phi) is 3.93. The average Bonchev–Trinajstić information content (AvgIpc) is 2.81. The number of nitrogens with zero attached hydrogens (tertiary/aromatic N) is 1. The number of benzene rings is 1. The largest absolute Gasteiger partial charge is 0.508 e. The Morgan fingerprint density at radius 2 is 2.10 bits per heavy atom. The molecule has 0 aliphatic heterocycles. The van der Waals surface area contributed by atoms with Crippen LogP contribution < -0.4 is 0 Å². The molecule has 4 unspecified atom stereocenters. The Morgan fingerprint density at radius 3 is 2.81 bits per heavy atom. The minimum absolute atomic E-state index is 0.171. The summed E-state index contributed by atoms with van der Waals surface area (Å²) in [5, 5.41) is 21.9. The number of hydrogen-bond acceptors (Lipinski definition) is 3. The number of aliphatic hydroxyl groups is 1. The maximum atomic E-state index is 11.5. The first-order chi connectivity index (χ1) is 9.90. The Bertz CT molecular complexity index is 534.